The average Bonchev–Trinajstić information content (AvgIpc) is 3.04. The molecule has 2 heterocycles. The van der Waals surface area contributed by atoms with Crippen molar-refractivity contribution in [1.29, 1.82) is 0 Å². The van der Waals surface area contributed by atoms with E-state index >= 15 is 0 Å². The second-order valence-corrected chi connectivity index (χ2v) is 10.7. The van der Waals surface area contributed by atoms with Crippen LogP contribution in [0.15, 0.2) is 24.3 Å². The van der Waals surface area contributed by atoms with Gasteiger partial charge in [-0.05, 0) is 43.2 Å². The molecule has 31 heavy (non-hydrogen) atoms. The summed E-state index contributed by atoms with van der Waals surface area (Å²) in [6.07, 6.45) is 0.211. The van der Waals surface area contributed by atoms with Crippen molar-refractivity contribution in [3.05, 3.63) is 45.8 Å². The van der Waals surface area contributed by atoms with Crippen LogP contribution >= 0.6 is 11.3 Å². The zero-order valence-corrected chi connectivity index (χ0v) is 19.1. The first-order valence-electron chi connectivity index (χ1n) is 9.85. The van der Waals surface area contributed by atoms with Gasteiger partial charge in [0.25, 0.3) is 5.91 Å². The maximum atomic E-state index is 12.8. The van der Waals surface area contributed by atoms with Crippen molar-refractivity contribution < 1.29 is 27.5 Å². The fourth-order valence-electron chi connectivity index (χ4n) is 3.10. The van der Waals surface area contributed by atoms with Crippen LogP contribution in [-0.4, -0.2) is 38.6 Å². The molecule has 1 aliphatic rings. The summed E-state index contributed by atoms with van der Waals surface area (Å²) in [6, 6.07) is 6.36. The Balaban J connectivity index is 1.84. The number of carbonyl (C=O) groups excluding carboxylic acids is 3. The van der Waals surface area contributed by atoms with Crippen molar-refractivity contribution in [2.45, 2.75) is 32.9 Å². The first-order chi connectivity index (χ1) is 14.6. The van der Waals surface area contributed by atoms with Crippen molar-refractivity contribution in [3.63, 3.8) is 0 Å². The number of nitrogens with one attached hydrogen (secondary N) is 2. The lowest BCUT2D eigenvalue weighted by molar-refractivity contribution is -0.118. The highest BCUT2D eigenvalue weighted by molar-refractivity contribution is 7.90. The number of anilines is 2. The zero-order chi connectivity index (χ0) is 22.8. The quantitative estimate of drug-likeness (QED) is 0.634. The van der Waals surface area contributed by atoms with Crippen LogP contribution in [0.25, 0.3) is 0 Å². The van der Waals surface area contributed by atoms with Crippen LogP contribution in [0.2, 0.25) is 0 Å². The lowest BCUT2D eigenvalue weighted by Gasteiger charge is -2.13. The van der Waals surface area contributed by atoms with Crippen molar-refractivity contribution in [2.24, 2.45) is 5.92 Å². The number of rotatable bonds is 6. The number of fused-ring (bicyclic) bond motifs is 1. The lowest BCUT2D eigenvalue weighted by Crippen LogP contribution is -2.20. The Hall–Kier alpha value is -2.72. The van der Waals surface area contributed by atoms with Crippen LogP contribution in [-0.2, 0) is 31.5 Å². The first kappa shape index (κ1) is 23.0. The Labute approximate surface area is 184 Å². The van der Waals surface area contributed by atoms with E-state index < -0.39 is 21.7 Å². The molecule has 0 bridgehead atoms. The van der Waals surface area contributed by atoms with Gasteiger partial charge in [-0.1, -0.05) is 13.8 Å². The average molecular weight is 465 g/mol. The molecule has 0 atom stereocenters. The summed E-state index contributed by atoms with van der Waals surface area (Å²) >= 11 is 1.09. The number of ether oxygens (including phenoxy) is 1. The number of carbonyl (C=O) groups is 3. The third-order valence-corrected chi connectivity index (χ3v) is 7.64. The molecule has 10 heteroatoms. The second-order valence-electron chi connectivity index (χ2n) is 7.45. The topological polar surface area (TPSA) is 119 Å². The van der Waals surface area contributed by atoms with Crippen molar-refractivity contribution >= 4 is 49.6 Å². The van der Waals surface area contributed by atoms with Crippen LogP contribution < -0.4 is 10.6 Å². The van der Waals surface area contributed by atoms with Crippen molar-refractivity contribution in [1.82, 2.24) is 0 Å². The van der Waals surface area contributed by atoms with Crippen LogP contribution in [0.1, 0.15) is 51.9 Å². The normalized spacial score (nSPS) is 14.6. The standard InChI is InChI=1S/C21H24N2O6S2/c1-4-29-21(26)17-15-9-10-31(27,28)11-16(15)30-20(17)23-19(25)13-5-7-14(8-6-13)22-18(24)12(2)3/h5-8,12H,4,9-11H2,1-3H3,(H,22,24)(H,23,25). The molecular formula is C21H24N2O6S2. The van der Waals surface area contributed by atoms with Gasteiger partial charge in [0.1, 0.15) is 5.00 Å². The third kappa shape index (κ3) is 5.31. The van der Waals surface area contributed by atoms with Gasteiger partial charge in [0.15, 0.2) is 9.84 Å². The Kier molecular flexibility index (Phi) is 6.80. The monoisotopic (exact) mass is 464 g/mol. The summed E-state index contributed by atoms with van der Waals surface area (Å²) in [5.74, 6) is -1.52. The van der Waals surface area contributed by atoms with Gasteiger partial charge in [-0.2, -0.15) is 0 Å². The Bertz CT molecular complexity index is 1120. The van der Waals surface area contributed by atoms with E-state index in [1.54, 1.807) is 45.0 Å². The van der Waals surface area contributed by atoms with E-state index in [1.807, 2.05) is 0 Å². The molecule has 1 aromatic heterocycles. The fourth-order valence-corrected chi connectivity index (χ4v) is 6.13. The first-order valence-corrected chi connectivity index (χ1v) is 12.5. The second kappa shape index (κ2) is 9.19. The number of benzene rings is 1. The van der Waals surface area contributed by atoms with Gasteiger partial charge >= 0.3 is 5.97 Å². The van der Waals surface area contributed by atoms with Gasteiger partial charge < -0.3 is 15.4 Å². The number of esters is 1. The molecule has 8 nitrogen and oxygen atoms in total. The molecule has 0 aliphatic carbocycles. The number of amides is 2. The van der Waals surface area contributed by atoms with Crippen molar-refractivity contribution in [3.8, 4) is 0 Å². The molecule has 166 valence electrons. The molecule has 2 amide bonds. The molecule has 0 spiro atoms. The van der Waals surface area contributed by atoms with E-state index in [1.165, 1.54) is 0 Å². The number of hydrogen-bond acceptors (Lipinski definition) is 7. The molecule has 0 unspecified atom stereocenters. The SMILES string of the molecule is CCOC(=O)c1c(NC(=O)c2ccc(NC(=O)C(C)C)cc2)sc2c1CCS(=O)(=O)C2. The molecule has 1 aliphatic heterocycles. The van der Waals surface area contributed by atoms with Gasteiger partial charge in [0.05, 0.1) is 23.7 Å². The molecule has 0 saturated heterocycles. The minimum atomic E-state index is -3.23. The van der Waals surface area contributed by atoms with Gasteiger partial charge in [-0.15, -0.1) is 11.3 Å². The zero-order valence-electron chi connectivity index (χ0n) is 17.5. The van der Waals surface area contributed by atoms with E-state index in [4.69, 9.17) is 4.74 Å². The van der Waals surface area contributed by atoms with E-state index in [0.717, 1.165) is 11.3 Å². The maximum Gasteiger partial charge on any atom is 0.341 e. The van der Waals surface area contributed by atoms with Gasteiger partial charge in [-0.3, -0.25) is 9.59 Å². The summed E-state index contributed by atoms with van der Waals surface area (Å²) in [6.45, 7) is 5.41. The Morgan fingerprint density at radius 1 is 1.13 bits per heavy atom. The lowest BCUT2D eigenvalue weighted by atomic mass is 10.1. The summed E-state index contributed by atoms with van der Waals surface area (Å²) in [4.78, 5) is 37.6. The molecule has 2 aromatic rings. The van der Waals surface area contributed by atoms with Crippen LogP contribution in [0.4, 0.5) is 10.7 Å². The number of thiophene rings is 1. The maximum absolute atomic E-state index is 12.8. The van der Waals surface area contributed by atoms with E-state index in [9.17, 15) is 22.8 Å². The number of hydrogen-bond donors (Lipinski definition) is 2. The summed E-state index contributed by atoms with van der Waals surface area (Å²) in [5.41, 5.74) is 1.75. The van der Waals surface area contributed by atoms with E-state index in [-0.39, 0.29) is 46.9 Å². The Morgan fingerprint density at radius 3 is 2.42 bits per heavy atom. The molecule has 0 saturated carbocycles. The van der Waals surface area contributed by atoms with Gasteiger partial charge in [0, 0.05) is 22.0 Å². The third-order valence-electron chi connectivity index (χ3n) is 4.75. The van der Waals surface area contributed by atoms with E-state index in [0.29, 0.717) is 21.7 Å². The highest BCUT2D eigenvalue weighted by atomic mass is 32.2. The van der Waals surface area contributed by atoms with E-state index in [2.05, 4.69) is 10.6 Å². The highest BCUT2D eigenvalue weighted by Crippen LogP contribution is 2.38. The highest BCUT2D eigenvalue weighted by Gasteiger charge is 2.32. The fraction of sp³-hybridized carbons (Fsp3) is 0.381. The van der Waals surface area contributed by atoms with Crippen LogP contribution in [0, 0.1) is 5.92 Å². The number of sulfone groups is 1. The smallest absolute Gasteiger partial charge is 0.341 e. The summed E-state index contributed by atoms with van der Waals surface area (Å²) < 4.78 is 29.1. The summed E-state index contributed by atoms with van der Waals surface area (Å²) in [5, 5.41) is 5.76. The molecule has 0 radical (unpaired) electrons. The molecule has 3 rings (SSSR count). The largest absolute Gasteiger partial charge is 0.462 e. The van der Waals surface area contributed by atoms with Crippen LogP contribution in [0.5, 0.6) is 0 Å². The molecule has 2 N–H and O–H groups in total. The molecule has 1 aromatic carbocycles. The summed E-state index contributed by atoms with van der Waals surface area (Å²) in [7, 11) is -3.23. The minimum Gasteiger partial charge on any atom is -0.462 e. The van der Waals surface area contributed by atoms with Crippen LogP contribution in [0.3, 0.4) is 0 Å². The molecular weight excluding hydrogens is 440 g/mol. The Morgan fingerprint density at radius 2 is 1.81 bits per heavy atom. The predicted octanol–water partition coefficient (Wildman–Crippen LogP) is 3.24. The minimum absolute atomic E-state index is 0.0416. The van der Waals surface area contributed by atoms with Gasteiger partial charge in [0.2, 0.25) is 5.91 Å². The predicted molar refractivity (Wildman–Crippen MR) is 119 cm³/mol. The van der Waals surface area contributed by atoms with Crippen molar-refractivity contribution in [2.75, 3.05) is 23.0 Å². The van der Waals surface area contributed by atoms with Gasteiger partial charge in [-0.25, -0.2) is 13.2 Å². The molecule has 0 fully saturated rings.